The second-order valence-electron chi connectivity index (χ2n) is 4.01. The van der Waals surface area contributed by atoms with E-state index in [1.165, 1.54) is 7.11 Å². The summed E-state index contributed by atoms with van der Waals surface area (Å²) in [5.41, 5.74) is 0. The van der Waals surface area contributed by atoms with Gasteiger partial charge in [-0.3, -0.25) is 4.79 Å². The molecule has 1 atom stereocenters. The molecule has 0 aliphatic heterocycles. The van der Waals surface area contributed by atoms with E-state index in [-0.39, 0.29) is 17.8 Å². The standard InChI is InChI=1S/C12H19NO3/c1-3-6-10(12(15)16-2)13-11(14)9-7-4-5-8-9/h4-5,9-10H,3,6-8H2,1-2H3,(H,13,14)/t10-/m0/s1. The van der Waals surface area contributed by atoms with Crippen molar-refractivity contribution in [1.29, 1.82) is 0 Å². The number of nitrogens with one attached hydrogen (secondary N) is 1. The van der Waals surface area contributed by atoms with Gasteiger partial charge in [-0.15, -0.1) is 0 Å². The number of hydrogen-bond acceptors (Lipinski definition) is 3. The molecule has 1 amide bonds. The van der Waals surface area contributed by atoms with Crippen LogP contribution in [0.15, 0.2) is 12.2 Å². The van der Waals surface area contributed by atoms with E-state index in [1.54, 1.807) is 0 Å². The van der Waals surface area contributed by atoms with E-state index in [0.29, 0.717) is 6.42 Å². The van der Waals surface area contributed by atoms with Crippen LogP contribution >= 0.6 is 0 Å². The van der Waals surface area contributed by atoms with E-state index in [0.717, 1.165) is 19.3 Å². The van der Waals surface area contributed by atoms with Gasteiger partial charge in [0.05, 0.1) is 7.11 Å². The first-order valence-electron chi connectivity index (χ1n) is 5.72. The van der Waals surface area contributed by atoms with Gasteiger partial charge in [0.1, 0.15) is 6.04 Å². The van der Waals surface area contributed by atoms with Crippen molar-refractivity contribution in [3.8, 4) is 0 Å². The number of rotatable bonds is 5. The highest BCUT2D eigenvalue weighted by Crippen LogP contribution is 2.18. The summed E-state index contributed by atoms with van der Waals surface area (Å²) in [7, 11) is 1.34. The summed E-state index contributed by atoms with van der Waals surface area (Å²) < 4.78 is 4.66. The molecular formula is C12H19NO3. The molecule has 0 spiro atoms. The zero-order chi connectivity index (χ0) is 12.0. The number of ether oxygens (including phenoxy) is 1. The number of esters is 1. The molecule has 0 aromatic heterocycles. The van der Waals surface area contributed by atoms with Crippen molar-refractivity contribution in [2.45, 2.75) is 38.6 Å². The number of carbonyl (C=O) groups is 2. The van der Waals surface area contributed by atoms with Crippen molar-refractivity contribution < 1.29 is 14.3 Å². The molecule has 0 saturated carbocycles. The predicted molar refractivity (Wildman–Crippen MR) is 60.7 cm³/mol. The van der Waals surface area contributed by atoms with Crippen molar-refractivity contribution in [3.63, 3.8) is 0 Å². The van der Waals surface area contributed by atoms with Crippen LogP contribution in [-0.4, -0.2) is 25.0 Å². The van der Waals surface area contributed by atoms with Crippen LogP contribution in [0.3, 0.4) is 0 Å². The largest absolute Gasteiger partial charge is 0.467 e. The van der Waals surface area contributed by atoms with Gasteiger partial charge in [-0.1, -0.05) is 25.5 Å². The molecule has 0 radical (unpaired) electrons. The molecule has 0 heterocycles. The van der Waals surface area contributed by atoms with Crippen LogP contribution in [0.25, 0.3) is 0 Å². The number of amides is 1. The molecule has 1 rings (SSSR count). The minimum Gasteiger partial charge on any atom is -0.467 e. The zero-order valence-corrected chi connectivity index (χ0v) is 9.86. The van der Waals surface area contributed by atoms with Crippen LogP contribution < -0.4 is 5.32 Å². The average molecular weight is 225 g/mol. The summed E-state index contributed by atoms with van der Waals surface area (Å²) in [6.45, 7) is 1.97. The summed E-state index contributed by atoms with van der Waals surface area (Å²) in [6, 6.07) is -0.497. The molecule has 4 heteroatoms. The summed E-state index contributed by atoms with van der Waals surface area (Å²) in [5.74, 6) is -0.418. The first-order valence-corrected chi connectivity index (χ1v) is 5.72. The van der Waals surface area contributed by atoms with E-state index in [4.69, 9.17) is 0 Å². The fourth-order valence-electron chi connectivity index (χ4n) is 1.80. The Bertz CT molecular complexity index is 278. The second kappa shape index (κ2) is 6.30. The first kappa shape index (κ1) is 12.7. The number of hydrogen-bond donors (Lipinski definition) is 1. The van der Waals surface area contributed by atoms with Gasteiger partial charge in [-0.05, 0) is 19.3 Å². The van der Waals surface area contributed by atoms with Gasteiger partial charge >= 0.3 is 5.97 Å². The molecule has 1 aliphatic rings. The Morgan fingerprint density at radius 3 is 2.56 bits per heavy atom. The highest BCUT2D eigenvalue weighted by atomic mass is 16.5. The third kappa shape index (κ3) is 3.36. The van der Waals surface area contributed by atoms with Crippen LogP contribution in [0.4, 0.5) is 0 Å². The van der Waals surface area contributed by atoms with E-state index < -0.39 is 6.04 Å². The molecule has 0 unspecified atom stereocenters. The molecular weight excluding hydrogens is 206 g/mol. The van der Waals surface area contributed by atoms with Crippen LogP contribution in [0.1, 0.15) is 32.6 Å². The zero-order valence-electron chi connectivity index (χ0n) is 9.86. The SMILES string of the molecule is CCC[C@H](NC(=O)C1CC=CC1)C(=O)OC. The number of allylic oxidation sites excluding steroid dienone is 2. The van der Waals surface area contributed by atoms with Crippen molar-refractivity contribution >= 4 is 11.9 Å². The Hall–Kier alpha value is -1.32. The Balaban J connectivity index is 2.47. The van der Waals surface area contributed by atoms with Crippen molar-refractivity contribution in [2.24, 2.45) is 5.92 Å². The van der Waals surface area contributed by atoms with Gasteiger partial charge < -0.3 is 10.1 Å². The van der Waals surface area contributed by atoms with Crippen LogP contribution in [0.2, 0.25) is 0 Å². The molecule has 4 nitrogen and oxygen atoms in total. The lowest BCUT2D eigenvalue weighted by Crippen LogP contribution is -2.43. The van der Waals surface area contributed by atoms with Crippen molar-refractivity contribution in [2.75, 3.05) is 7.11 Å². The van der Waals surface area contributed by atoms with Gasteiger partial charge in [0.15, 0.2) is 0 Å². The quantitative estimate of drug-likeness (QED) is 0.568. The highest BCUT2D eigenvalue weighted by Gasteiger charge is 2.25. The van der Waals surface area contributed by atoms with E-state index >= 15 is 0 Å². The van der Waals surface area contributed by atoms with Crippen molar-refractivity contribution in [3.05, 3.63) is 12.2 Å². The maximum atomic E-state index is 11.8. The molecule has 90 valence electrons. The maximum absolute atomic E-state index is 11.8. The second-order valence-corrected chi connectivity index (χ2v) is 4.01. The van der Waals surface area contributed by atoms with Gasteiger partial charge in [0, 0.05) is 5.92 Å². The average Bonchev–Trinajstić information content (AvgIpc) is 2.80. The lowest BCUT2D eigenvalue weighted by molar-refractivity contribution is -0.145. The number of carbonyl (C=O) groups excluding carboxylic acids is 2. The molecule has 0 aromatic rings. The summed E-state index contributed by atoms with van der Waals surface area (Å²) in [6.07, 6.45) is 6.99. The fraction of sp³-hybridized carbons (Fsp3) is 0.667. The lowest BCUT2D eigenvalue weighted by atomic mass is 10.1. The Morgan fingerprint density at radius 1 is 1.44 bits per heavy atom. The fourth-order valence-corrected chi connectivity index (χ4v) is 1.80. The van der Waals surface area contributed by atoms with E-state index in [1.807, 2.05) is 19.1 Å². The maximum Gasteiger partial charge on any atom is 0.328 e. The Kier molecular flexibility index (Phi) is 5.02. The third-order valence-electron chi connectivity index (χ3n) is 2.76. The topological polar surface area (TPSA) is 55.4 Å². The van der Waals surface area contributed by atoms with Crippen LogP contribution in [0.5, 0.6) is 0 Å². The highest BCUT2D eigenvalue weighted by molar-refractivity contribution is 5.86. The summed E-state index contributed by atoms with van der Waals surface area (Å²) in [4.78, 5) is 23.2. The third-order valence-corrected chi connectivity index (χ3v) is 2.76. The lowest BCUT2D eigenvalue weighted by Gasteiger charge is -2.18. The van der Waals surface area contributed by atoms with E-state index in [9.17, 15) is 9.59 Å². The Morgan fingerprint density at radius 2 is 2.06 bits per heavy atom. The molecule has 0 saturated heterocycles. The molecule has 0 aromatic carbocycles. The van der Waals surface area contributed by atoms with Gasteiger partial charge in [-0.25, -0.2) is 4.79 Å². The van der Waals surface area contributed by atoms with Crippen LogP contribution in [0, 0.1) is 5.92 Å². The van der Waals surface area contributed by atoms with Crippen molar-refractivity contribution in [1.82, 2.24) is 5.32 Å². The van der Waals surface area contributed by atoms with E-state index in [2.05, 4.69) is 10.1 Å². The molecule has 1 aliphatic carbocycles. The summed E-state index contributed by atoms with van der Waals surface area (Å²) in [5, 5.41) is 2.76. The normalized spacial score (nSPS) is 17.1. The van der Waals surface area contributed by atoms with Crippen LogP contribution in [-0.2, 0) is 14.3 Å². The molecule has 0 bridgehead atoms. The van der Waals surface area contributed by atoms with Gasteiger partial charge in [0.25, 0.3) is 0 Å². The minimum absolute atomic E-state index is 0.0102. The number of methoxy groups -OCH3 is 1. The molecule has 1 N–H and O–H groups in total. The van der Waals surface area contributed by atoms with Gasteiger partial charge in [-0.2, -0.15) is 0 Å². The summed E-state index contributed by atoms with van der Waals surface area (Å²) >= 11 is 0. The predicted octanol–water partition coefficient (Wildman–Crippen LogP) is 1.41. The monoisotopic (exact) mass is 225 g/mol. The molecule has 16 heavy (non-hydrogen) atoms. The Labute approximate surface area is 96.0 Å². The minimum atomic E-state index is -0.497. The van der Waals surface area contributed by atoms with Gasteiger partial charge in [0.2, 0.25) is 5.91 Å². The molecule has 0 fully saturated rings. The smallest absolute Gasteiger partial charge is 0.328 e. The first-order chi connectivity index (χ1) is 7.69.